The predicted octanol–water partition coefficient (Wildman–Crippen LogP) is 1.40. The van der Waals surface area contributed by atoms with Crippen LogP contribution in [-0.4, -0.2) is 19.8 Å². The first-order valence-corrected chi connectivity index (χ1v) is 6.46. The summed E-state index contributed by atoms with van der Waals surface area (Å²) in [6.07, 6.45) is 1.15. The largest absolute Gasteiger partial charge is 0.455 e. The van der Waals surface area contributed by atoms with Crippen LogP contribution in [0.15, 0.2) is 50.9 Å². The van der Waals surface area contributed by atoms with Gasteiger partial charge in [0.2, 0.25) is 10.0 Å². The maximum absolute atomic E-state index is 11.1. The van der Waals surface area contributed by atoms with Gasteiger partial charge in [-0.05, 0) is 36.4 Å². The fraction of sp³-hybridized carbons (Fsp3) is 0. The number of nitrogens with two attached hydrogens (primary N) is 1. The maximum Gasteiger partial charge on any atom is 0.238 e. The molecule has 0 fully saturated rings. The molecule has 1 heterocycles. The van der Waals surface area contributed by atoms with Gasteiger partial charge in [-0.25, -0.2) is 13.6 Å². The smallest absolute Gasteiger partial charge is 0.238 e. The zero-order chi connectivity index (χ0) is 13.2. The van der Waals surface area contributed by atoms with Crippen molar-refractivity contribution in [3.8, 4) is 11.3 Å². The molecule has 0 aliphatic rings. The molecule has 0 radical (unpaired) electrons. The molecule has 0 spiro atoms. The summed E-state index contributed by atoms with van der Waals surface area (Å²) in [5.41, 5.74) is 0.694. The number of rotatable bonds is 3. The second-order valence-electron chi connectivity index (χ2n) is 3.52. The third-order valence-corrected chi connectivity index (χ3v) is 3.21. The molecule has 0 aliphatic heterocycles. The summed E-state index contributed by atoms with van der Waals surface area (Å²) >= 11 is 0. The highest BCUT2D eigenvalue weighted by atomic mass is 32.2. The lowest BCUT2D eigenvalue weighted by Crippen LogP contribution is -2.11. The molecular formula is C11H10N2O4S. The summed E-state index contributed by atoms with van der Waals surface area (Å²) in [5, 5.41) is 16.2. The van der Waals surface area contributed by atoms with Crippen LogP contribution >= 0.6 is 0 Å². The van der Waals surface area contributed by atoms with Crippen molar-refractivity contribution < 1.29 is 18.0 Å². The van der Waals surface area contributed by atoms with Gasteiger partial charge in [-0.1, -0.05) is 5.16 Å². The SMILES string of the molecule is NS(=O)(=O)c1ccc(-c2ccc(/C=N/O)o2)cc1. The predicted molar refractivity (Wildman–Crippen MR) is 64.9 cm³/mol. The second kappa shape index (κ2) is 4.63. The second-order valence-corrected chi connectivity index (χ2v) is 5.08. The summed E-state index contributed by atoms with van der Waals surface area (Å²) < 4.78 is 27.5. The quantitative estimate of drug-likeness (QED) is 0.497. The lowest BCUT2D eigenvalue weighted by molar-refractivity contribution is 0.321. The molecule has 94 valence electrons. The van der Waals surface area contributed by atoms with Crippen molar-refractivity contribution in [2.45, 2.75) is 4.90 Å². The number of oxime groups is 1. The van der Waals surface area contributed by atoms with Gasteiger partial charge in [0.1, 0.15) is 17.7 Å². The average Bonchev–Trinajstić information content (AvgIpc) is 2.77. The van der Waals surface area contributed by atoms with E-state index < -0.39 is 10.0 Å². The zero-order valence-corrected chi connectivity index (χ0v) is 9.96. The zero-order valence-electron chi connectivity index (χ0n) is 9.15. The molecule has 1 aromatic heterocycles. The van der Waals surface area contributed by atoms with Crippen LogP contribution in [0.25, 0.3) is 11.3 Å². The number of benzene rings is 1. The molecule has 0 amide bonds. The standard InChI is InChI=1S/C11H10N2O4S/c12-18(15,16)10-4-1-8(2-5-10)11-6-3-9(17-11)7-13-14/h1-7,14H,(H2,12,15,16)/b13-7+. The number of sulfonamides is 1. The monoisotopic (exact) mass is 266 g/mol. The van der Waals surface area contributed by atoms with Gasteiger partial charge in [0, 0.05) is 5.56 Å². The normalized spacial score (nSPS) is 12.1. The molecule has 2 rings (SSSR count). The van der Waals surface area contributed by atoms with Crippen LogP contribution in [0.1, 0.15) is 5.76 Å². The topological polar surface area (TPSA) is 106 Å². The molecule has 7 heteroatoms. The van der Waals surface area contributed by atoms with E-state index in [0.29, 0.717) is 17.1 Å². The van der Waals surface area contributed by atoms with Crippen molar-refractivity contribution in [3.63, 3.8) is 0 Å². The minimum Gasteiger partial charge on any atom is -0.455 e. The van der Waals surface area contributed by atoms with Crippen molar-refractivity contribution in [3.05, 3.63) is 42.2 Å². The molecule has 0 unspecified atom stereocenters. The molecule has 0 saturated heterocycles. The Hall–Kier alpha value is -2.12. The van der Waals surface area contributed by atoms with E-state index >= 15 is 0 Å². The number of nitrogens with zero attached hydrogens (tertiary/aromatic N) is 1. The minimum absolute atomic E-state index is 0.0370. The third-order valence-electron chi connectivity index (χ3n) is 2.28. The number of furan rings is 1. The summed E-state index contributed by atoms with van der Waals surface area (Å²) in [7, 11) is -3.69. The maximum atomic E-state index is 11.1. The highest BCUT2D eigenvalue weighted by molar-refractivity contribution is 7.89. The Kier molecular flexibility index (Phi) is 3.17. The Morgan fingerprint density at radius 2 is 1.83 bits per heavy atom. The van der Waals surface area contributed by atoms with E-state index in [9.17, 15) is 8.42 Å². The van der Waals surface area contributed by atoms with Crippen LogP contribution in [-0.2, 0) is 10.0 Å². The minimum atomic E-state index is -3.69. The molecule has 0 atom stereocenters. The van der Waals surface area contributed by atoms with Gasteiger partial charge in [0.25, 0.3) is 0 Å². The number of hydrogen-bond acceptors (Lipinski definition) is 5. The summed E-state index contributed by atoms with van der Waals surface area (Å²) in [4.78, 5) is 0.0370. The van der Waals surface area contributed by atoms with Crippen molar-refractivity contribution in [2.24, 2.45) is 10.3 Å². The molecule has 0 saturated carbocycles. The van der Waals surface area contributed by atoms with Gasteiger partial charge >= 0.3 is 0 Å². The molecule has 2 aromatic rings. The number of primary sulfonamides is 1. The van der Waals surface area contributed by atoms with Crippen molar-refractivity contribution in [2.75, 3.05) is 0 Å². The highest BCUT2D eigenvalue weighted by Crippen LogP contribution is 2.22. The Morgan fingerprint density at radius 3 is 2.39 bits per heavy atom. The molecule has 0 aliphatic carbocycles. The Morgan fingerprint density at radius 1 is 1.17 bits per heavy atom. The lowest BCUT2D eigenvalue weighted by atomic mass is 10.2. The first-order chi connectivity index (χ1) is 8.50. The Labute approximate surface area is 103 Å². The van der Waals surface area contributed by atoms with Gasteiger partial charge in [0.05, 0.1) is 4.90 Å². The van der Waals surface area contributed by atoms with Gasteiger partial charge in [-0.15, -0.1) is 0 Å². The summed E-state index contributed by atoms with van der Waals surface area (Å²) in [6, 6.07) is 9.27. The van der Waals surface area contributed by atoms with Crippen LogP contribution in [0.2, 0.25) is 0 Å². The third kappa shape index (κ3) is 2.58. The molecule has 0 bridgehead atoms. The number of hydrogen-bond donors (Lipinski definition) is 2. The van der Waals surface area contributed by atoms with E-state index in [1.54, 1.807) is 24.3 Å². The van der Waals surface area contributed by atoms with Crippen LogP contribution in [0, 0.1) is 0 Å². The van der Waals surface area contributed by atoms with Gasteiger partial charge in [-0.2, -0.15) is 0 Å². The van der Waals surface area contributed by atoms with Crippen LogP contribution in [0.3, 0.4) is 0 Å². The van der Waals surface area contributed by atoms with Crippen molar-refractivity contribution in [1.82, 2.24) is 0 Å². The molecule has 3 N–H and O–H groups in total. The van der Waals surface area contributed by atoms with Crippen LogP contribution in [0.5, 0.6) is 0 Å². The van der Waals surface area contributed by atoms with Crippen LogP contribution < -0.4 is 5.14 Å². The average molecular weight is 266 g/mol. The molecule has 6 nitrogen and oxygen atoms in total. The fourth-order valence-corrected chi connectivity index (χ4v) is 1.96. The molecule has 1 aromatic carbocycles. The van der Waals surface area contributed by atoms with E-state index in [2.05, 4.69) is 5.16 Å². The molecular weight excluding hydrogens is 256 g/mol. The lowest BCUT2D eigenvalue weighted by Gasteiger charge is -1.99. The van der Waals surface area contributed by atoms with Gasteiger partial charge in [0.15, 0.2) is 0 Å². The van der Waals surface area contributed by atoms with E-state index in [0.717, 1.165) is 6.21 Å². The fourth-order valence-electron chi connectivity index (χ4n) is 1.44. The summed E-state index contributed by atoms with van der Waals surface area (Å²) in [6.45, 7) is 0. The van der Waals surface area contributed by atoms with Crippen molar-refractivity contribution >= 4 is 16.2 Å². The van der Waals surface area contributed by atoms with E-state index in [1.807, 2.05) is 0 Å². The van der Waals surface area contributed by atoms with E-state index in [-0.39, 0.29) is 4.90 Å². The molecule has 18 heavy (non-hydrogen) atoms. The van der Waals surface area contributed by atoms with Gasteiger partial charge in [-0.3, -0.25) is 0 Å². The van der Waals surface area contributed by atoms with E-state index in [1.165, 1.54) is 12.1 Å². The first kappa shape index (κ1) is 12.3. The van der Waals surface area contributed by atoms with Gasteiger partial charge < -0.3 is 9.62 Å². The Balaban J connectivity index is 2.34. The highest BCUT2D eigenvalue weighted by Gasteiger charge is 2.09. The first-order valence-electron chi connectivity index (χ1n) is 4.91. The van der Waals surface area contributed by atoms with Crippen LogP contribution in [0.4, 0.5) is 0 Å². The Bertz CT molecular complexity index is 671. The van der Waals surface area contributed by atoms with E-state index in [4.69, 9.17) is 14.8 Å². The summed E-state index contributed by atoms with van der Waals surface area (Å²) in [5.74, 6) is 0.925. The van der Waals surface area contributed by atoms with Crippen molar-refractivity contribution in [1.29, 1.82) is 0 Å².